The van der Waals surface area contributed by atoms with Gasteiger partial charge in [0.15, 0.2) is 0 Å². The molecule has 1 unspecified atom stereocenters. The molecule has 2 aliphatic rings. The van der Waals surface area contributed by atoms with Gasteiger partial charge in [-0.3, -0.25) is 9.69 Å². The molecule has 4 heteroatoms. The minimum absolute atomic E-state index is 0.000625. The Hall–Kier alpha value is -0.610. The van der Waals surface area contributed by atoms with Crippen LogP contribution in [-0.2, 0) is 4.79 Å². The SMILES string of the molecule is CCC1(O)CN(C2CCCCNC2=O)C1. The second-order valence-electron chi connectivity index (χ2n) is 4.79. The van der Waals surface area contributed by atoms with Gasteiger partial charge in [-0.05, 0) is 25.7 Å². The lowest BCUT2D eigenvalue weighted by atomic mass is 9.88. The van der Waals surface area contributed by atoms with Crippen LogP contribution in [0.3, 0.4) is 0 Å². The molecule has 2 fully saturated rings. The van der Waals surface area contributed by atoms with Gasteiger partial charge in [0.25, 0.3) is 0 Å². The fourth-order valence-electron chi connectivity index (χ4n) is 2.43. The third-order valence-corrected chi connectivity index (χ3v) is 3.60. The Labute approximate surface area is 90.6 Å². The highest BCUT2D eigenvalue weighted by Crippen LogP contribution is 2.28. The van der Waals surface area contributed by atoms with E-state index in [1.54, 1.807) is 0 Å². The number of amides is 1. The predicted octanol–water partition coefficient (Wildman–Crippen LogP) is 0.112. The van der Waals surface area contributed by atoms with Crippen molar-refractivity contribution in [3.63, 3.8) is 0 Å². The maximum Gasteiger partial charge on any atom is 0.237 e. The lowest BCUT2D eigenvalue weighted by Gasteiger charge is -2.49. The molecule has 0 spiro atoms. The van der Waals surface area contributed by atoms with Crippen molar-refractivity contribution >= 4 is 5.91 Å². The quantitative estimate of drug-likeness (QED) is 0.683. The van der Waals surface area contributed by atoms with Crippen LogP contribution in [0.5, 0.6) is 0 Å². The first kappa shape index (κ1) is 10.9. The summed E-state index contributed by atoms with van der Waals surface area (Å²) in [5, 5.41) is 12.8. The van der Waals surface area contributed by atoms with Crippen LogP contribution in [-0.4, -0.2) is 47.2 Å². The number of likely N-dealkylation sites (tertiary alicyclic amines) is 1. The second kappa shape index (κ2) is 4.10. The minimum atomic E-state index is -0.535. The van der Waals surface area contributed by atoms with Gasteiger partial charge in [-0.2, -0.15) is 0 Å². The number of carbonyl (C=O) groups excluding carboxylic acids is 1. The van der Waals surface area contributed by atoms with Crippen LogP contribution >= 0.6 is 0 Å². The second-order valence-corrected chi connectivity index (χ2v) is 4.79. The molecule has 0 aliphatic carbocycles. The summed E-state index contributed by atoms with van der Waals surface area (Å²) in [4.78, 5) is 13.8. The predicted molar refractivity (Wildman–Crippen MR) is 57.5 cm³/mol. The summed E-state index contributed by atoms with van der Waals surface area (Å²) in [6.07, 6.45) is 3.89. The summed E-state index contributed by atoms with van der Waals surface area (Å²) in [6, 6.07) is -0.000625. The fourth-order valence-corrected chi connectivity index (χ4v) is 2.43. The number of nitrogens with zero attached hydrogens (tertiary/aromatic N) is 1. The number of hydrogen-bond donors (Lipinski definition) is 2. The van der Waals surface area contributed by atoms with E-state index in [1.165, 1.54) is 0 Å². The third-order valence-electron chi connectivity index (χ3n) is 3.60. The first-order valence-electron chi connectivity index (χ1n) is 5.89. The molecular weight excluding hydrogens is 192 g/mol. The van der Waals surface area contributed by atoms with Gasteiger partial charge in [0, 0.05) is 19.6 Å². The van der Waals surface area contributed by atoms with E-state index < -0.39 is 5.60 Å². The molecule has 2 N–H and O–H groups in total. The lowest BCUT2D eigenvalue weighted by molar-refractivity contribution is -0.144. The van der Waals surface area contributed by atoms with Crippen molar-refractivity contribution in [2.75, 3.05) is 19.6 Å². The zero-order valence-corrected chi connectivity index (χ0v) is 9.33. The van der Waals surface area contributed by atoms with E-state index in [2.05, 4.69) is 10.2 Å². The Morgan fingerprint density at radius 3 is 2.93 bits per heavy atom. The third kappa shape index (κ3) is 2.16. The van der Waals surface area contributed by atoms with Gasteiger partial charge < -0.3 is 10.4 Å². The van der Waals surface area contributed by atoms with Gasteiger partial charge in [0.2, 0.25) is 5.91 Å². The molecule has 1 amide bonds. The van der Waals surface area contributed by atoms with Gasteiger partial charge in [0.05, 0.1) is 11.6 Å². The van der Waals surface area contributed by atoms with Crippen molar-refractivity contribution in [2.45, 2.75) is 44.2 Å². The number of hydrogen-bond acceptors (Lipinski definition) is 3. The molecule has 2 heterocycles. The van der Waals surface area contributed by atoms with Crippen molar-refractivity contribution in [1.29, 1.82) is 0 Å². The number of aliphatic hydroxyl groups is 1. The molecule has 2 saturated heterocycles. The Morgan fingerprint density at radius 1 is 1.53 bits per heavy atom. The zero-order valence-electron chi connectivity index (χ0n) is 9.33. The highest BCUT2D eigenvalue weighted by atomic mass is 16.3. The summed E-state index contributed by atoms with van der Waals surface area (Å²) >= 11 is 0. The van der Waals surface area contributed by atoms with Gasteiger partial charge in [-0.1, -0.05) is 6.92 Å². The van der Waals surface area contributed by atoms with Crippen molar-refractivity contribution in [1.82, 2.24) is 10.2 Å². The molecule has 0 bridgehead atoms. The molecule has 15 heavy (non-hydrogen) atoms. The van der Waals surface area contributed by atoms with Crippen molar-refractivity contribution in [3.8, 4) is 0 Å². The van der Waals surface area contributed by atoms with Crippen molar-refractivity contribution < 1.29 is 9.90 Å². The van der Waals surface area contributed by atoms with Crippen LogP contribution in [0, 0.1) is 0 Å². The zero-order chi connectivity index (χ0) is 10.9. The molecule has 86 valence electrons. The highest BCUT2D eigenvalue weighted by Gasteiger charge is 2.44. The number of β-amino-alcohol motifs (C(OH)–C–C–N with tert-alkyl or cyclic N) is 1. The summed E-state index contributed by atoms with van der Waals surface area (Å²) in [5.41, 5.74) is -0.535. The van der Waals surface area contributed by atoms with Gasteiger partial charge in [0.1, 0.15) is 0 Å². The van der Waals surface area contributed by atoms with Crippen LogP contribution in [0.15, 0.2) is 0 Å². The first-order valence-corrected chi connectivity index (χ1v) is 5.89. The van der Waals surface area contributed by atoms with Crippen LogP contribution in [0.1, 0.15) is 32.6 Å². The van der Waals surface area contributed by atoms with E-state index in [4.69, 9.17) is 0 Å². The molecule has 4 nitrogen and oxygen atoms in total. The Bertz CT molecular complexity index is 249. The van der Waals surface area contributed by atoms with Crippen molar-refractivity contribution in [2.24, 2.45) is 0 Å². The first-order chi connectivity index (χ1) is 7.14. The maximum atomic E-state index is 11.7. The maximum absolute atomic E-state index is 11.7. The Morgan fingerprint density at radius 2 is 2.27 bits per heavy atom. The van der Waals surface area contributed by atoms with Gasteiger partial charge >= 0.3 is 0 Å². The van der Waals surface area contributed by atoms with Crippen molar-refractivity contribution in [3.05, 3.63) is 0 Å². The van der Waals surface area contributed by atoms with E-state index in [-0.39, 0.29) is 11.9 Å². The van der Waals surface area contributed by atoms with Gasteiger partial charge in [-0.15, -0.1) is 0 Å². The largest absolute Gasteiger partial charge is 0.387 e. The summed E-state index contributed by atoms with van der Waals surface area (Å²) in [7, 11) is 0. The molecule has 0 aromatic rings. The topological polar surface area (TPSA) is 52.6 Å². The monoisotopic (exact) mass is 212 g/mol. The lowest BCUT2D eigenvalue weighted by Crippen LogP contribution is -2.66. The molecule has 0 saturated carbocycles. The Balaban J connectivity index is 1.91. The van der Waals surface area contributed by atoms with Crippen LogP contribution in [0.25, 0.3) is 0 Å². The van der Waals surface area contributed by atoms with E-state index in [1.807, 2.05) is 6.92 Å². The molecule has 1 atom stereocenters. The molecule has 0 aromatic heterocycles. The molecule has 0 aromatic carbocycles. The summed E-state index contributed by atoms with van der Waals surface area (Å²) in [6.45, 7) is 4.11. The highest BCUT2D eigenvalue weighted by molar-refractivity contribution is 5.82. The molecular formula is C11H20N2O2. The minimum Gasteiger partial charge on any atom is -0.387 e. The van der Waals surface area contributed by atoms with E-state index in [0.29, 0.717) is 13.1 Å². The standard InChI is InChI=1S/C11H20N2O2/c1-2-11(15)7-13(8-11)9-5-3-4-6-12-10(9)14/h9,15H,2-8H2,1H3,(H,12,14). The number of rotatable bonds is 2. The van der Waals surface area contributed by atoms with Crippen LogP contribution < -0.4 is 5.32 Å². The molecule has 2 rings (SSSR count). The van der Waals surface area contributed by atoms with E-state index >= 15 is 0 Å². The summed E-state index contributed by atoms with van der Waals surface area (Å²) < 4.78 is 0. The average Bonchev–Trinajstić information content (AvgIpc) is 2.38. The van der Waals surface area contributed by atoms with E-state index in [9.17, 15) is 9.90 Å². The molecule has 2 aliphatic heterocycles. The Kier molecular flexibility index (Phi) is 2.98. The number of nitrogens with one attached hydrogen (secondary N) is 1. The number of carbonyl (C=O) groups is 1. The smallest absolute Gasteiger partial charge is 0.237 e. The van der Waals surface area contributed by atoms with Crippen LogP contribution in [0.2, 0.25) is 0 Å². The van der Waals surface area contributed by atoms with Gasteiger partial charge in [-0.25, -0.2) is 0 Å². The molecule has 0 radical (unpaired) electrons. The van der Waals surface area contributed by atoms with Crippen LogP contribution in [0.4, 0.5) is 0 Å². The average molecular weight is 212 g/mol. The fraction of sp³-hybridized carbons (Fsp3) is 0.909. The normalized spacial score (nSPS) is 31.6. The summed E-state index contributed by atoms with van der Waals surface area (Å²) in [5.74, 6) is 0.144. The van der Waals surface area contributed by atoms with E-state index in [0.717, 1.165) is 32.2 Å².